The summed E-state index contributed by atoms with van der Waals surface area (Å²) in [5.41, 5.74) is 12.0. The summed E-state index contributed by atoms with van der Waals surface area (Å²) in [6, 6.07) is 11.8. The maximum atomic E-state index is 7.29. The summed E-state index contributed by atoms with van der Waals surface area (Å²) in [6.45, 7) is 10.9. The minimum atomic E-state index is 0.653. The molecule has 0 bridgehead atoms. The Morgan fingerprint density at radius 2 is 2.04 bits per heavy atom. The van der Waals surface area contributed by atoms with Crippen molar-refractivity contribution in [3.63, 3.8) is 0 Å². The summed E-state index contributed by atoms with van der Waals surface area (Å²) in [5.74, 6) is 0. The topological polar surface area (TPSA) is 44.5 Å². The molecule has 0 saturated carbocycles. The van der Waals surface area contributed by atoms with Crippen LogP contribution in [0.1, 0.15) is 12.0 Å². The molecule has 0 aliphatic carbocycles. The highest BCUT2D eigenvalue weighted by Crippen LogP contribution is 2.36. The fourth-order valence-electron chi connectivity index (χ4n) is 3.08. The smallest absolute Gasteiger partial charge is 0.188 e. The van der Waals surface area contributed by atoms with Gasteiger partial charge in [-0.1, -0.05) is 18.2 Å². The van der Waals surface area contributed by atoms with Crippen LogP contribution in [0, 0.1) is 13.5 Å². The third-order valence-corrected chi connectivity index (χ3v) is 4.41. The molecule has 0 unspecified atom stereocenters. The first-order valence-electron chi connectivity index (χ1n) is 8.00. The van der Waals surface area contributed by atoms with Crippen LogP contribution >= 0.6 is 0 Å². The molecule has 0 aliphatic heterocycles. The van der Waals surface area contributed by atoms with Gasteiger partial charge in [-0.05, 0) is 48.1 Å². The van der Waals surface area contributed by atoms with E-state index in [9.17, 15) is 0 Å². The maximum Gasteiger partial charge on any atom is 0.188 e. The molecule has 1 heterocycles. The Balaban J connectivity index is 2.19. The van der Waals surface area contributed by atoms with Crippen molar-refractivity contribution in [2.75, 3.05) is 19.5 Å². The molecule has 24 heavy (non-hydrogen) atoms. The van der Waals surface area contributed by atoms with Gasteiger partial charge in [-0.3, -0.25) is 0 Å². The lowest BCUT2D eigenvalue weighted by Gasteiger charge is -2.07. The molecule has 0 radical (unpaired) electrons. The van der Waals surface area contributed by atoms with Crippen LogP contribution in [0.15, 0.2) is 42.6 Å². The first-order chi connectivity index (χ1) is 11.7. The van der Waals surface area contributed by atoms with Gasteiger partial charge in [0.15, 0.2) is 5.69 Å². The Morgan fingerprint density at radius 3 is 2.79 bits per heavy atom. The summed E-state index contributed by atoms with van der Waals surface area (Å²) in [4.78, 5) is 3.58. The standard InChI is InChI=1S/C20H21N3O/c1-14-16(6-4-7-19(14)21)18-13-23(10-5-11-24-3)20-9-8-15(22-2)12-17(18)20/h4,6-9,12-13H,5,10-11,21H2,1,3H3. The number of methoxy groups -OCH3 is 1. The van der Waals surface area contributed by atoms with E-state index < -0.39 is 0 Å². The Morgan fingerprint density at radius 1 is 1.21 bits per heavy atom. The summed E-state index contributed by atoms with van der Waals surface area (Å²) in [5, 5.41) is 1.09. The second-order valence-electron chi connectivity index (χ2n) is 5.92. The number of fused-ring (bicyclic) bond motifs is 1. The minimum Gasteiger partial charge on any atom is -0.398 e. The Bertz CT molecular complexity index is 919. The summed E-state index contributed by atoms with van der Waals surface area (Å²) in [7, 11) is 1.72. The first kappa shape index (κ1) is 16.1. The number of hydrogen-bond acceptors (Lipinski definition) is 2. The molecular weight excluding hydrogens is 298 g/mol. The molecule has 0 spiro atoms. The third kappa shape index (κ3) is 2.86. The van der Waals surface area contributed by atoms with Crippen molar-refractivity contribution in [1.29, 1.82) is 0 Å². The average Bonchev–Trinajstić information content (AvgIpc) is 2.95. The van der Waals surface area contributed by atoms with Crippen LogP contribution in [0.2, 0.25) is 0 Å². The van der Waals surface area contributed by atoms with E-state index in [0.29, 0.717) is 5.69 Å². The largest absolute Gasteiger partial charge is 0.398 e. The number of nitrogens with two attached hydrogens (primary N) is 1. The summed E-state index contributed by atoms with van der Waals surface area (Å²) >= 11 is 0. The number of nitrogens with zero attached hydrogens (tertiary/aromatic N) is 2. The van der Waals surface area contributed by atoms with E-state index in [2.05, 4.69) is 21.7 Å². The zero-order valence-corrected chi connectivity index (χ0v) is 14.0. The highest BCUT2D eigenvalue weighted by Gasteiger charge is 2.13. The molecule has 3 rings (SSSR count). The zero-order valence-electron chi connectivity index (χ0n) is 14.0. The zero-order chi connectivity index (χ0) is 17.1. The Kier molecular flexibility index (Phi) is 4.54. The van der Waals surface area contributed by atoms with Gasteiger partial charge in [0.2, 0.25) is 0 Å². The molecule has 2 aromatic carbocycles. The maximum absolute atomic E-state index is 7.29. The predicted molar refractivity (Wildman–Crippen MR) is 99.3 cm³/mol. The van der Waals surface area contributed by atoms with Gasteiger partial charge in [0, 0.05) is 43.2 Å². The third-order valence-electron chi connectivity index (χ3n) is 4.41. The monoisotopic (exact) mass is 319 g/mol. The van der Waals surface area contributed by atoms with Crippen molar-refractivity contribution in [3.8, 4) is 11.1 Å². The molecule has 3 aromatic rings. The van der Waals surface area contributed by atoms with Crippen LogP contribution in [-0.2, 0) is 11.3 Å². The molecule has 122 valence electrons. The van der Waals surface area contributed by atoms with Crippen LogP contribution in [0.3, 0.4) is 0 Å². The number of ether oxygens (including phenoxy) is 1. The molecular formula is C20H21N3O. The van der Waals surface area contributed by atoms with Gasteiger partial charge < -0.3 is 15.0 Å². The SMILES string of the molecule is [C-]#[N+]c1ccc2c(c1)c(-c1cccc(N)c1C)cn2CCCOC. The second-order valence-corrected chi connectivity index (χ2v) is 5.92. The van der Waals surface area contributed by atoms with E-state index in [1.54, 1.807) is 7.11 Å². The highest BCUT2D eigenvalue weighted by atomic mass is 16.5. The summed E-state index contributed by atoms with van der Waals surface area (Å²) in [6.07, 6.45) is 3.11. The van der Waals surface area contributed by atoms with Crippen molar-refractivity contribution < 1.29 is 4.74 Å². The normalized spacial score (nSPS) is 10.9. The fourth-order valence-corrected chi connectivity index (χ4v) is 3.08. The first-order valence-corrected chi connectivity index (χ1v) is 8.00. The van der Waals surface area contributed by atoms with Crippen LogP contribution in [0.4, 0.5) is 11.4 Å². The highest BCUT2D eigenvalue weighted by molar-refractivity contribution is 5.99. The molecule has 0 aliphatic rings. The van der Waals surface area contributed by atoms with Crippen LogP contribution < -0.4 is 5.73 Å². The van der Waals surface area contributed by atoms with E-state index in [4.69, 9.17) is 17.0 Å². The lowest BCUT2D eigenvalue weighted by molar-refractivity contribution is 0.190. The van der Waals surface area contributed by atoms with E-state index in [1.165, 1.54) is 0 Å². The second kappa shape index (κ2) is 6.77. The van der Waals surface area contributed by atoms with Gasteiger partial charge in [0.1, 0.15) is 0 Å². The number of benzene rings is 2. The molecule has 0 saturated heterocycles. The Labute approximate surface area is 142 Å². The van der Waals surface area contributed by atoms with Gasteiger partial charge in [-0.25, -0.2) is 4.85 Å². The number of aromatic nitrogens is 1. The molecule has 1 aromatic heterocycles. The molecule has 4 nitrogen and oxygen atoms in total. The van der Waals surface area contributed by atoms with Crippen LogP contribution in [0.5, 0.6) is 0 Å². The van der Waals surface area contributed by atoms with Crippen molar-refractivity contribution in [2.45, 2.75) is 19.9 Å². The Hall–Kier alpha value is -2.77. The number of nitrogen functional groups attached to an aromatic ring is 1. The van der Waals surface area contributed by atoms with Crippen molar-refractivity contribution in [2.24, 2.45) is 0 Å². The molecule has 2 N–H and O–H groups in total. The van der Waals surface area contributed by atoms with Gasteiger partial charge in [0.05, 0.1) is 6.57 Å². The number of rotatable bonds is 5. The number of hydrogen-bond donors (Lipinski definition) is 1. The van der Waals surface area contributed by atoms with E-state index >= 15 is 0 Å². The van der Waals surface area contributed by atoms with Crippen molar-refractivity contribution in [1.82, 2.24) is 4.57 Å². The van der Waals surface area contributed by atoms with Crippen molar-refractivity contribution in [3.05, 3.63) is 59.6 Å². The average molecular weight is 319 g/mol. The van der Waals surface area contributed by atoms with Gasteiger partial charge in [-0.2, -0.15) is 0 Å². The quantitative estimate of drug-likeness (QED) is 0.417. The number of anilines is 1. The molecule has 0 fully saturated rings. The van der Waals surface area contributed by atoms with Crippen LogP contribution in [0.25, 0.3) is 26.9 Å². The summed E-state index contributed by atoms with van der Waals surface area (Å²) < 4.78 is 7.40. The van der Waals surface area contributed by atoms with E-state index in [1.807, 2.05) is 37.3 Å². The van der Waals surface area contributed by atoms with Gasteiger partial charge in [-0.15, -0.1) is 0 Å². The van der Waals surface area contributed by atoms with Crippen molar-refractivity contribution >= 4 is 22.3 Å². The lowest BCUT2D eigenvalue weighted by atomic mass is 9.99. The predicted octanol–water partition coefficient (Wildman–Crippen LogP) is 4.79. The van der Waals surface area contributed by atoms with Gasteiger partial charge in [0.25, 0.3) is 0 Å². The minimum absolute atomic E-state index is 0.653. The fraction of sp³-hybridized carbons (Fsp3) is 0.250. The van der Waals surface area contributed by atoms with E-state index in [-0.39, 0.29) is 0 Å². The van der Waals surface area contributed by atoms with Gasteiger partial charge >= 0.3 is 0 Å². The number of aryl methyl sites for hydroxylation is 1. The van der Waals surface area contributed by atoms with Crippen LogP contribution in [-0.4, -0.2) is 18.3 Å². The van der Waals surface area contributed by atoms with E-state index in [0.717, 1.165) is 52.9 Å². The lowest BCUT2D eigenvalue weighted by Crippen LogP contribution is -1.99. The molecule has 4 heteroatoms. The molecule has 0 atom stereocenters. The molecule has 0 amide bonds.